The highest BCUT2D eigenvalue weighted by atomic mass is 35.5. The van der Waals surface area contributed by atoms with Gasteiger partial charge in [-0.25, -0.2) is 0 Å². The van der Waals surface area contributed by atoms with E-state index in [1.807, 2.05) is 24.3 Å². The van der Waals surface area contributed by atoms with Gasteiger partial charge in [-0.3, -0.25) is 4.79 Å². The molecule has 0 atom stereocenters. The zero-order valence-corrected chi connectivity index (χ0v) is 12.4. The topological polar surface area (TPSA) is 73.6 Å². The Morgan fingerprint density at radius 1 is 1.45 bits per heavy atom. The number of benzene rings is 1. The first-order valence-electron chi connectivity index (χ1n) is 6.40. The number of carbonyl (C=O) groups is 1. The number of carbonyl (C=O) groups excluding carboxylic acids is 1. The first-order valence-corrected chi connectivity index (χ1v) is 6.40. The molecule has 0 unspecified atom stereocenters. The zero-order valence-electron chi connectivity index (χ0n) is 11.6. The van der Waals surface area contributed by atoms with E-state index in [1.54, 1.807) is 7.11 Å². The van der Waals surface area contributed by atoms with E-state index in [1.165, 1.54) is 0 Å². The van der Waals surface area contributed by atoms with E-state index in [9.17, 15) is 4.79 Å². The van der Waals surface area contributed by atoms with Gasteiger partial charge in [-0.2, -0.15) is 0 Å². The van der Waals surface area contributed by atoms with Crippen LogP contribution in [0.2, 0.25) is 0 Å². The third kappa shape index (κ3) is 4.18. The van der Waals surface area contributed by atoms with Gasteiger partial charge in [0.2, 0.25) is 5.91 Å². The number of hydrogen-bond donors (Lipinski definition) is 2. The van der Waals surface area contributed by atoms with Crippen LogP contribution in [-0.4, -0.2) is 31.8 Å². The van der Waals surface area contributed by atoms with Crippen molar-refractivity contribution < 1.29 is 14.3 Å². The van der Waals surface area contributed by atoms with Gasteiger partial charge >= 0.3 is 0 Å². The number of hydrogen-bond acceptors (Lipinski definition) is 4. The molecule has 1 fully saturated rings. The molecule has 0 bridgehead atoms. The Morgan fingerprint density at radius 3 is 2.80 bits per heavy atom. The molecule has 0 saturated carbocycles. The Balaban J connectivity index is 0.00000200. The van der Waals surface area contributed by atoms with Gasteiger partial charge in [0.05, 0.1) is 6.61 Å². The fraction of sp³-hybridized carbons (Fsp3) is 0.500. The van der Waals surface area contributed by atoms with Crippen LogP contribution in [0.3, 0.4) is 0 Å². The van der Waals surface area contributed by atoms with Gasteiger partial charge in [0.25, 0.3) is 0 Å². The van der Waals surface area contributed by atoms with Crippen molar-refractivity contribution in [1.82, 2.24) is 0 Å². The molecule has 1 heterocycles. The number of ether oxygens (including phenoxy) is 2. The Bertz CT molecular complexity index is 448. The predicted molar refractivity (Wildman–Crippen MR) is 80.0 cm³/mol. The third-order valence-electron chi connectivity index (χ3n) is 3.33. The maximum absolute atomic E-state index is 12.2. The smallest absolute Gasteiger partial charge is 0.244 e. The highest BCUT2D eigenvalue weighted by Crippen LogP contribution is 2.20. The quantitative estimate of drug-likeness (QED) is 0.887. The fourth-order valence-corrected chi connectivity index (χ4v) is 2.12. The van der Waals surface area contributed by atoms with Crippen molar-refractivity contribution in [3.63, 3.8) is 0 Å². The summed E-state index contributed by atoms with van der Waals surface area (Å²) in [5.74, 6) is -0.148. The van der Waals surface area contributed by atoms with Crippen LogP contribution in [0, 0.1) is 0 Å². The second-order valence-corrected chi connectivity index (χ2v) is 4.86. The molecule has 6 heteroatoms. The lowest BCUT2D eigenvalue weighted by Gasteiger charge is -2.31. The summed E-state index contributed by atoms with van der Waals surface area (Å²) < 4.78 is 10.3. The predicted octanol–water partition coefficient (Wildman–Crippen LogP) is 1.70. The lowest BCUT2D eigenvalue weighted by Crippen LogP contribution is -2.54. The van der Waals surface area contributed by atoms with Crippen molar-refractivity contribution in [3.8, 4) is 0 Å². The largest absolute Gasteiger partial charge is 0.381 e. The van der Waals surface area contributed by atoms with Gasteiger partial charge in [-0.15, -0.1) is 12.4 Å². The normalized spacial score (nSPS) is 17.1. The minimum absolute atomic E-state index is 0. The van der Waals surface area contributed by atoms with Gasteiger partial charge in [-0.1, -0.05) is 12.1 Å². The molecule has 20 heavy (non-hydrogen) atoms. The van der Waals surface area contributed by atoms with E-state index in [0.29, 0.717) is 32.7 Å². The maximum atomic E-state index is 12.2. The highest BCUT2D eigenvalue weighted by molar-refractivity contribution is 5.98. The molecule has 5 nitrogen and oxygen atoms in total. The summed E-state index contributed by atoms with van der Waals surface area (Å²) in [5, 5.41) is 2.88. The maximum Gasteiger partial charge on any atom is 0.244 e. The van der Waals surface area contributed by atoms with Gasteiger partial charge in [0.15, 0.2) is 0 Å². The molecular formula is C14H21ClN2O3. The number of rotatable bonds is 4. The Hall–Kier alpha value is -1.14. The van der Waals surface area contributed by atoms with Crippen molar-refractivity contribution >= 4 is 24.0 Å². The van der Waals surface area contributed by atoms with Crippen molar-refractivity contribution in [2.45, 2.75) is 25.0 Å². The van der Waals surface area contributed by atoms with E-state index in [-0.39, 0.29) is 18.3 Å². The standard InChI is InChI=1S/C14H20N2O3.ClH/c1-18-10-11-3-2-4-12(9-11)16-13(17)14(15)5-7-19-8-6-14;/h2-4,9H,5-8,10,15H2,1H3,(H,16,17);1H. The number of methoxy groups -OCH3 is 1. The summed E-state index contributed by atoms with van der Waals surface area (Å²) >= 11 is 0. The number of nitrogens with one attached hydrogen (secondary N) is 1. The fourth-order valence-electron chi connectivity index (χ4n) is 2.12. The average molecular weight is 301 g/mol. The summed E-state index contributed by atoms with van der Waals surface area (Å²) in [5.41, 5.74) is 7.07. The van der Waals surface area contributed by atoms with Gasteiger partial charge in [-0.05, 0) is 30.5 Å². The van der Waals surface area contributed by atoms with Crippen molar-refractivity contribution in [3.05, 3.63) is 29.8 Å². The molecular weight excluding hydrogens is 280 g/mol. The van der Waals surface area contributed by atoms with Crippen molar-refractivity contribution in [1.29, 1.82) is 0 Å². The minimum Gasteiger partial charge on any atom is -0.381 e. The number of nitrogens with two attached hydrogens (primary N) is 1. The van der Waals surface area contributed by atoms with Crippen LogP contribution in [0.15, 0.2) is 24.3 Å². The molecule has 1 aromatic rings. The van der Waals surface area contributed by atoms with Gasteiger partial charge < -0.3 is 20.5 Å². The minimum atomic E-state index is -0.824. The highest BCUT2D eigenvalue weighted by Gasteiger charge is 2.35. The number of halogens is 1. The Kier molecular flexibility index (Phi) is 6.42. The lowest BCUT2D eigenvalue weighted by atomic mass is 9.90. The van der Waals surface area contributed by atoms with Crippen molar-refractivity contribution in [2.75, 3.05) is 25.6 Å². The molecule has 1 aliphatic heterocycles. The summed E-state index contributed by atoms with van der Waals surface area (Å²) in [6.45, 7) is 1.59. The lowest BCUT2D eigenvalue weighted by molar-refractivity contribution is -0.124. The first kappa shape index (κ1) is 16.9. The monoisotopic (exact) mass is 300 g/mol. The van der Waals surface area contributed by atoms with E-state index in [2.05, 4.69) is 5.32 Å². The van der Waals surface area contributed by atoms with Crippen LogP contribution in [0.5, 0.6) is 0 Å². The molecule has 1 aliphatic rings. The molecule has 3 N–H and O–H groups in total. The Morgan fingerprint density at radius 2 is 2.15 bits per heavy atom. The summed E-state index contributed by atoms with van der Waals surface area (Å²) in [7, 11) is 1.64. The number of anilines is 1. The Labute approximate surface area is 125 Å². The zero-order chi connectivity index (χ0) is 13.7. The molecule has 0 radical (unpaired) electrons. The van der Waals surface area contributed by atoms with Crippen molar-refractivity contribution in [2.24, 2.45) is 5.73 Å². The second-order valence-electron chi connectivity index (χ2n) is 4.86. The van der Waals surface area contributed by atoms with Gasteiger partial charge in [0.1, 0.15) is 5.54 Å². The van der Waals surface area contributed by atoms with Crippen LogP contribution < -0.4 is 11.1 Å². The van der Waals surface area contributed by atoms with E-state index < -0.39 is 5.54 Å². The van der Waals surface area contributed by atoms with Crippen LogP contribution in [0.25, 0.3) is 0 Å². The SMILES string of the molecule is COCc1cccc(NC(=O)C2(N)CCOCC2)c1.Cl. The molecule has 2 rings (SSSR count). The average Bonchev–Trinajstić information content (AvgIpc) is 2.40. The molecule has 1 aromatic carbocycles. The second kappa shape index (κ2) is 7.59. The molecule has 0 aliphatic carbocycles. The summed E-state index contributed by atoms with van der Waals surface area (Å²) in [6.07, 6.45) is 1.10. The van der Waals surface area contributed by atoms with Crippen LogP contribution in [-0.2, 0) is 20.9 Å². The molecule has 0 spiro atoms. The molecule has 112 valence electrons. The third-order valence-corrected chi connectivity index (χ3v) is 3.33. The molecule has 1 saturated heterocycles. The van der Waals surface area contributed by atoms with Crippen LogP contribution in [0.4, 0.5) is 5.69 Å². The molecule has 1 amide bonds. The van der Waals surface area contributed by atoms with Crippen LogP contribution >= 0.6 is 12.4 Å². The van der Waals surface area contributed by atoms with Gasteiger partial charge in [0, 0.05) is 26.0 Å². The van der Waals surface area contributed by atoms with E-state index in [0.717, 1.165) is 11.3 Å². The molecule has 0 aromatic heterocycles. The summed E-state index contributed by atoms with van der Waals surface area (Å²) in [6, 6.07) is 7.58. The van der Waals surface area contributed by atoms with E-state index in [4.69, 9.17) is 15.2 Å². The first-order chi connectivity index (χ1) is 9.14. The summed E-state index contributed by atoms with van der Waals surface area (Å²) in [4.78, 5) is 12.2. The number of amides is 1. The van der Waals surface area contributed by atoms with Crippen LogP contribution in [0.1, 0.15) is 18.4 Å². The van der Waals surface area contributed by atoms with E-state index >= 15 is 0 Å².